The van der Waals surface area contributed by atoms with Gasteiger partial charge in [0, 0.05) is 0 Å². The molecule has 2 rings (SSSR count). The second kappa shape index (κ2) is 9.71. The zero-order valence-corrected chi connectivity index (χ0v) is 13.2. The maximum atomic E-state index is 5.75. The lowest BCUT2D eigenvalue weighted by Crippen LogP contribution is -1.97. The van der Waals surface area contributed by atoms with Gasteiger partial charge < -0.3 is 4.74 Å². The van der Waals surface area contributed by atoms with Crippen molar-refractivity contribution in [1.82, 2.24) is 14.9 Å². The topological polar surface area (TPSA) is 52.3 Å². The predicted molar refractivity (Wildman–Crippen MR) is 88.3 cm³/mol. The molecular weight excluding hydrogens is 276 g/mol. The van der Waals surface area contributed by atoms with Gasteiger partial charge in [-0.15, -0.1) is 10.2 Å². The van der Waals surface area contributed by atoms with Gasteiger partial charge in [0.05, 0.1) is 12.8 Å². The molecule has 0 atom stereocenters. The number of hydrogen-bond donors (Lipinski definition) is 0. The fourth-order valence-corrected chi connectivity index (χ4v) is 2.11. The minimum absolute atomic E-state index is 0.792. The third-order valence-electron chi connectivity index (χ3n) is 3.39. The van der Waals surface area contributed by atoms with Crippen molar-refractivity contribution in [3.8, 4) is 5.75 Å². The van der Waals surface area contributed by atoms with Crippen LogP contribution < -0.4 is 4.74 Å². The van der Waals surface area contributed by atoms with Crippen LogP contribution in [0.1, 0.15) is 51.0 Å². The monoisotopic (exact) mass is 300 g/mol. The first-order valence-electron chi connectivity index (χ1n) is 8.00. The van der Waals surface area contributed by atoms with Gasteiger partial charge >= 0.3 is 0 Å². The van der Waals surface area contributed by atoms with Crippen molar-refractivity contribution in [2.75, 3.05) is 6.61 Å². The number of aromatic nitrogens is 3. The highest BCUT2D eigenvalue weighted by molar-refractivity contribution is 5.79. The molecule has 118 valence electrons. The summed E-state index contributed by atoms with van der Waals surface area (Å²) >= 11 is 0. The Bertz CT molecular complexity index is 534. The van der Waals surface area contributed by atoms with E-state index >= 15 is 0 Å². The quantitative estimate of drug-likeness (QED) is 0.494. The Labute approximate surface area is 132 Å². The Morgan fingerprint density at radius 3 is 2.41 bits per heavy atom. The normalized spacial score (nSPS) is 11.1. The molecule has 0 aliphatic heterocycles. The molecule has 0 unspecified atom stereocenters. The van der Waals surface area contributed by atoms with Crippen LogP contribution in [0.3, 0.4) is 0 Å². The van der Waals surface area contributed by atoms with Gasteiger partial charge in [-0.25, -0.2) is 4.68 Å². The van der Waals surface area contributed by atoms with Gasteiger partial charge in [-0.2, -0.15) is 5.10 Å². The second-order valence-corrected chi connectivity index (χ2v) is 5.27. The van der Waals surface area contributed by atoms with Crippen LogP contribution in [-0.4, -0.2) is 27.7 Å². The van der Waals surface area contributed by atoms with Crippen LogP contribution in [0.15, 0.2) is 42.0 Å². The number of ether oxygens (including phenoxy) is 1. The third-order valence-corrected chi connectivity index (χ3v) is 3.39. The lowest BCUT2D eigenvalue weighted by Gasteiger charge is -2.06. The highest BCUT2D eigenvalue weighted by Gasteiger charge is 1.95. The highest BCUT2D eigenvalue weighted by atomic mass is 16.5. The van der Waals surface area contributed by atoms with Crippen molar-refractivity contribution in [1.29, 1.82) is 0 Å². The Morgan fingerprint density at radius 1 is 1.00 bits per heavy atom. The Balaban J connectivity index is 1.66. The van der Waals surface area contributed by atoms with E-state index < -0.39 is 0 Å². The molecule has 22 heavy (non-hydrogen) atoms. The number of benzene rings is 1. The summed E-state index contributed by atoms with van der Waals surface area (Å²) < 4.78 is 7.31. The molecule has 1 heterocycles. The zero-order chi connectivity index (χ0) is 15.5. The van der Waals surface area contributed by atoms with E-state index in [0.717, 1.165) is 24.3 Å². The molecule has 5 nitrogen and oxygen atoms in total. The maximum Gasteiger partial charge on any atom is 0.141 e. The van der Waals surface area contributed by atoms with Crippen molar-refractivity contribution in [3.05, 3.63) is 42.5 Å². The molecule has 0 aliphatic rings. The van der Waals surface area contributed by atoms with Gasteiger partial charge in [-0.1, -0.05) is 39.0 Å². The van der Waals surface area contributed by atoms with Gasteiger partial charge in [0.15, 0.2) is 0 Å². The summed E-state index contributed by atoms with van der Waals surface area (Å²) in [4.78, 5) is 0. The zero-order valence-electron chi connectivity index (χ0n) is 13.2. The summed E-state index contributed by atoms with van der Waals surface area (Å²) in [7, 11) is 0. The van der Waals surface area contributed by atoms with E-state index in [2.05, 4.69) is 22.2 Å². The first kappa shape index (κ1) is 16.2. The molecule has 1 aromatic heterocycles. The van der Waals surface area contributed by atoms with E-state index in [1.807, 2.05) is 24.3 Å². The molecular formula is C17H24N4O. The molecule has 0 spiro atoms. The fourth-order valence-electron chi connectivity index (χ4n) is 2.11. The highest BCUT2D eigenvalue weighted by Crippen LogP contribution is 2.12. The van der Waals surface area contributed by atoms with Crippen LogP contribution in [0.2, 0.25) is 0 Å². The molecule has 0 fully saturated rings. The summed E-state index contributed by atoms with van der Waals surface area (Å²) in [5, 5.41) is 11.6. The largest absolute Gasteiger partial charge is 0.494 e. The van der Waals surface area contributed by atoms with E-state index in [-0.39, 0.29) is 0 Å². The Morgan fingerprint density at radius 2 is 1.68 bits per heavy atom. The second-order valence-electron chi connectivity index (χ2n) is 5.27. The molecule has 0 aliphatic carbocycles. The van der Waals surface area contributed by atoms with Crippen LogP contribution >= 0.6 is 0 Å². The molecule has 5 heteroatoms. The first-order valence-corrected chi connectivity index (χ1v) is 8.00. The van der Waals surface area contributed by atoms with Crippen LogP contribution in [0.5, 0.6) is 5.75 Å². The first-order chi connectivity index (χ1) is 10.9. The summed E-state index contributed by atoms with van der Waals surface area (Å²) in [6.45, 7) is 3.03. The summed E-state index contributed by atoms with van der Waals surface area (Å²) in [5.74, 6) is 0.912. The number of unbranched alkanes of at least 4 members (excludes halogenated alkanes) is 5. The molecule has 1 aromatic carbocycles. The Hall–Kier alpha value is -2.17. The lowest BCUT2D eigenvalue weighted by molar-refractivity contribution is 0.304. The average Bonchev–Trinajstić information content (AvgIpc) is 3.07. The third kappa shape index (κ3) is 6.08. The van der Waals surface area contributed by atoms with Crippen molar-refractivity contribution in [2.24, 2.45) is 5.10 Å². The lowest BCUT2D eigenvalue weighted by atomic mass is 10.1. The Kier molecular flexibility index (Phi) is 7.15. The van der Waals surface area contributed by atoms with Crippen molar-refractivity contribution >= 4 is 6.21 Å². The van der Waals surface area contributed by atoms with Crippen LogP contribution in [-0.2, 0) is 0 Å². The molecule has 0 bridgehead atoms. The average molecular weight is 300 g/mol. The number of rotatable bonds is 10. The van der Waals surface area contributed by atoms with Crippen molar-refractivity contribution in [2.45, 2.75) is 45.4 Å². The molecule has 0 amide bonds. The molecule has 0 N–H and O–H groups in total. The molecule has 0 saturated heterocycles. The van der Waals surface area contributed by atoms with Crippen molar-refractivity contribution < 1.29 is 4.74 Å². The van der Waals surface area contributed by atoms with Crippen LogP contribution in [0.4, 0.5) is 0 Å². The van der Waals surface area contributed by atoms with Crippen LogP contribution in [0.25, 0.3) is 0 Å². The van der Waals surface area contributed by atoms with Gasteiger partial charge in [0.1, 0.15) is 18.4 Å². The summed E-state index contributed by atoms with van der Waals surface area (Å²) in [6, 6.07) is 7.93. The minimum Gasteiger partial charge on any atom is -0.494 e. The maximum absolute atomic E-state index is 5.75. The van der Waals surface area contributed by atoms with E-state index in [1.54, 1.807) is 23.5 Å². The van der Waals surface area contributed by atoms with E-state index in [9.17, 15) is 0 Å². The number of hydrogen-bond acceptors (Lipinski definition) is 4. The summed E-state index contributed by atoms with van der Waals surface area (Å²) in [6.07, 6.45) is 12.5. The minimum atomic E-state index is 0.792. The van der Waals surface area contributed by atoms with Gasteiger partial charge in [-0.3, -0.25) is 0 Å². The molecule has 2 aromatic rings. The van der Waals surface area contributed by atoms with Gasteiger partial charge in [0.25, 0.3) is 0 Å². The van der Waals surface area contributed by atoms with Crippen molar-refractivity contribution in [3.63, 3.8) is 0 Å². The SMILES string of the molecule is CCCCCCCCOc1ccc(C=Nn2cnnc2)cc1. The van der Waals surface area contributed by atoms with E-state index in [4.69, 9.17) is 4.74 Å². The molecule has 0 radical (unpaired) electrons. The summed E-state index contributed by atoms with van der Waals surface area (Å²) in [5.41, 5.74) is 1.01. The number of nitrogens with zero attached hydrogens (tertiary/aromatic N) is 4. The standard InChI is InChI=1S/C17H24N4O/c1-2-3-4-5-6-7-12-22-17-10-8-16(9-11-17)13-20-21-14-18-19-15-21/h8-11,13-15H,2-7,12H2,1H3. The van der Waals surface area contributed by atoms with Gasteiger partial charge in [-0.05, 0) is 36.2 Å². The smallest absolute Gasteiger partial charge is 0.141 e. The fraction of sp³-hybridized carbons (Fsp3) is 0.471. The molecule has 0 saturated carbocycles. The van der Waals surface area contributed by atoms with E-state index in [0.29, 0.717) is 0 Å². The predicted octanol–water partition coefficient (Wildman–Crippen LogP) is 3.90. The van der Waals surface area contributed by atoms with Crippen LogP contribution in [0, 0.1) is 0 Å². The van der Waals surface area contributed by atoms with Gasteiger partial charge in [0.2, 0.25) is 0 Å². The van der Waals surface area contributed by atoms with E-state index in [1.165, 1.54) is 32.1 Å².